The molecule has 2 rings (SSSR count). The number of aryl methyl sites for hydroxylation is 1. The fourth-order valence-corrected chi connectivity index (χ4v) is 1.49. The van der Waals surface area contributed by atoms with Crippen molar-refractivity contribution in [2.75, 3.05) is 10.6 Å². The molecule has 106 valence electrons. The Kier molecular flexibility index (Phi) is 3.59. The highest BCUT2D eigenvalue weighted by Gasteiger charge is 2.33. The van der Waals surface area contributed by atoms with Gasteiger partial charge in [0.05, 0.1) is 11.3 Å². The monoisotopic (exact) mass is 285 g/mol. The van der Waals surface area contributed by atoms with Gasteiger partial charge in [0, 0.05) is 0 Å². The van der Waals surface area contributed by atoms with E-state index in [0.29, 0.717) is 5.82 Å². The van der Waals surface area contributed by atoms with Crippen molar-refractivity contribution in [3.05, 3.63) is 35.7 Å². The third kappa shape index (κ3) is 3.25. The lowest BCUT2D eigenvalue weighted by molar-refractivity contribution is -0.136. The van der Waals surface area contributed by atoms with Crippen molar-refractivity contribution >= 4 is 17.7 Å². The SMILES string of the molecule is Cc1nc(NC(=O)Nc2ccccc2C(F)(F)F)n[nH]1. The predicted molar refractivity (Wildman–Crippen MR) is 65.2 cm³/mol. The zero-order valence-corrected chi connectivity index (χ0v) is 10.2. The molecule has 6 nitrogen and oxygen atoms in total. The molecule has 0 bridgehead atoms. The second kappa shape index (κ2) is 5.19. The fourth-order valence-electron chi connectivity index (χ4n) is 1.49. The van der Waals surface area contributed by atoms with E-state index in [9.17, 15) is 18.0 Å². The molecule has 0 saturated carbocycles. The Hall–Kier alpha value is -2.58. The molecule has 1 aromatic heterocycles. The summed E-state index contributed by atoms with van der Waals surface area (Å²) in [5.74, 6) is 0.445. The lowest BCUT2D eigenvalue weighted by atomic mass is 10.1. The van der Waals surface area contributed by atoms with E-state index < -0.39 is 17.8 Å². The number of aromatic nitrogens is 3. The van der Waals surface area contributed by atoms with Gasteiger partial charge in [-0.05, 0) is 19.1 Å². The first-order valence-corrected chi connectivity index (χ1v) is 5.49. The highest BCUT2D eigenvalue weighted by atomic mass is 19.4. The van der Waals surface area contributed by atoms with Crippen molar-refractivity contribution in [2.24, 2.45) is 0 Å². The number of urea groups is 1. The van der Waals surface area contributed by atoms with Crippen LogP contribution >= 0.6 is 0 Å². The van der Waals surface area contributed by atoms with Gasteiger partial charge in [0.15, 0.2) is 0 Å². The molecule has 0 fully saturated rings. The number of para-hydroxylation sites is 1. The summed E-state index contributed by atoms with van der Waals surface area (Å²) in [6.45, 7) is 1.62. The minimum Gasteiger partial charge on any atom is -0.307 e. The number of halogens is 3. The minimum absolute atomic E-state index is 0.0236. The van der Waals surface area contributed by atoms with Crippen molar-refractivity contribution in [3.8, 4) is 0 Å². The summed E-state index contributed by atoms with van der Waals surface area (Å²) in [4.78, 5) is 15.4. The van der Waals surface area contributed by atoms with Gasteiger partial charge >= 0.3 is 12.2 Å². The van der Waals surface area contributed by atoms with Gasteiger partial charge in [-0.3, -0.25) is 10.4 Å². The second-order valence-corrected chi connectivity index (χ2v) is 3.87. The zero-order valence-electron chi connectivity index (χ0n) is 10.2. The van der Waals surface area contributed by atoms with E-state index in [-0.39, 0.29) is 11.6 Å². The van der Waals surface area contributed by atoms with Crippen LogP contribution in [0.2, 0.25) is 0 Å². The molecule has 0 aliphatic rings. The van der Waals surface area contributed by atoms with Crippen molar-refractivity contribution in [3.63, 3.8) is 0 Å². The van der Waals surface area contributed by atoms with Gasteiger partial charge in [-0.1, -0.05) is 12.1 Å². The smallest absolute Gasteiger partial charge is 0.307 e. The Labute approximate surface area is 111 Å². The maximum atomic E-state index is 12.7. The van der Waals surface area contributed by atoms with E-state index in [2.05, 4.69) is 25.8 Å². The van der Waals surface area contributed by atoms with E-state index in [4.69, 9.17) is 0 Å². The average Bonchev–Trinajstić information content (AvgIpc) is 2.73. The maximum absolute atomic E-state index is 12.7. The van der Waals surface area contributed by atoms with Crippen LogP contribution < -0.4 is 10.6 Å². The summed E-state index contributed by atoms with van der Waals surface area (Å²) in [6.07, 6.45) is -4.55. The Balaban J connectivity index is 2.12. The number of aromatic amines is 1. The Morgan fingerprint density at radius 2 is 1.95 bits per heavy atom. The number of benzene rings is 1. The van der Waals surface area contributed by atoms with Gasteiger partial charge in [-0.25, -0.2) is 4.79 Å². The summed E-state index contributed by atoms with van der Waals surface area (Å²) < 4.78 is 38.2. The standard InChI is InChI=1S/C11H10F3N5O/c1-6-15-9(19-18-6)17-10(20)16-8-5-3-2-4-7(8)11(12,13)14/h2-5H,1H3,(H3,15,16,17,18,19,20). The van der Waals surface area contributed by atoms with E-state index in [1.54, 1.807) is 6.92 Å². The van der Waals surface area contributed by atoms with Crippen molar-refractivity contribution < 1.29 is 18.0 Å². The molecule has 1 aromatic carbocycles. The number of hydrogen-bond donors (Lipinski definition) is 3. The first-order valence-electron chi connectivity index (χ1n) is 5.49. The molecule has 20 heavy (non-hydrogen) atoms. The van der Waals surface area contributed by atoms with Crippen molar-refractivity contribution in [1.29, 1.82) is 0 Å². The Bertz CT molecular complexity index is 623. The quantitative estimate of drug-likeness (QED) is 0.793. The molecule has 0 aliphatic heterocycles. The van der Waals surface area contributed by atoms with Crippen LogP contribution in [-0.4, -0.2) is 21.2 Å². The van der Waals surface area contributed by atoms with E-state index >= 15 is 0 Å². The largest absolute Gasteiger partial charge is 0.418 e. The number of alkyl halides is 3. The lowest BCUT2D eigenvalue weighted by Crippen LogP contribution is -2.22. The van der Waals surface area contributed by atoms with Crippen LogP contribution in [0.5, 0.6) is 0 Å². The van der Waals surface area contributed by atoms with Gasteiger partial charge in [0.25, 0.3) is 0 Å². The summed E-state index contributed by atoms with van der Waals surface area (Å²) in [5, 5.41) is 10.5. The number of H-pyrrole nitrogens is 1. The highest BCUT2D eigenvalue weighted by molar-refractivity contribution is 5.99. The van der Waals surface area contributed by atoms with Gasteiger partial charge < -0.3 is 5.32 Å². The number of carbonyl (C=O) groups excluding carboxylic acids is 1. The molecule has 0 saturated heterocycles. The molecule has 3 N–H and O–H groups in total. The fraction of sp³-hybridized carbons (Fsp3) is 0.182. The van der Waals surface area contributed by atoms with Gasteiger partial charge in [-0.2, -0.15) is 18.2 Å². The van der Waals surface area contributed by atoms with E-state index in [1.165, 1.54) is 12.1 Å². The lowest BCUT2D eigenvalue weighted by Gasteiger charge is -2.13. The first-order chi connectivity index (χ1) is 9.36. The normalized spacial score (nSPS) is 11.2. The second-order valence-electron chi connectivity index (χ2n) is 3.87. The number of nitrogens with zero attached hydrogens (tertiary/aromatic N) is 2. The third-order valence-electron chi connectivity index (χ3n) is 2.30. The molecule has 0 unspecified atom stereocenters. The van der Waals surface area contributed by atoms with Crippen LogP contribution in [0.15, 0.2) is 24.3 Å². The summed E-state index contributed by atoms with van der Waals surface area (Å²) in [7, 11) is 0. The van der Waals surface area contributed by atoms with Crippen LogP contribution in [0, 0.1) is 6.92 Å². The zero-order chi connectivity index (χ0) is 14.8. The predicted octanol–water partition coefficient (Wildman–Crippen LogP) is 2.78. The average molecular weight is 285 g/mol. The molecule has 0 atom stereocenters. The highest BCUT2D eigenvalue weighted by Crippen LogP contribution is 2.34. The molecule has 2 aromatic rings. The van der Waals surface area contributed by atoms with Crippen LogP contribution in [0.3, 0.4) is 0 Å². The summed E-state index contributed by atoms with van der Waals surface area (Å²) >= 11 is 0. The van der Waals surface area contributed by atoms with Crippen LogP contribution in [0.4, 0.5) is 29.6 Å². The topological polar surface area (TPSA) is 82.7 Å². The van der Waals surface area contributed by atoms with Gasteiger partial charge in [0.1, 0.15) is 5.82 Å². The molecule has 0 aliphatic carbocycles. The number of hydrogen-bond acceptors (Lipinski definition) is 3. The van der Waals surface area contributed by atoms with Crippen molar-refractivity contribution in [2.45, 2.75) is 13.1 Å². The molecule has 1 heterocycles. The molecular formula is C11H10F3N5O. The Morgan fingerprint density at radius 1 is 1.25 bits per heavy atom. The van der Waals surface area contributed by atoms with Crippen LogP contribution in [0.25, 0.3) is 0 Å². The van der Waals surface area contributed by atoms with Gasteiger partial charge in [-0.15, -0.1) is 5.10 Å². The maximum Gasteiger partial charge on any atom is 0.418 e. The molecule has 9 heteroatoms. The molecular weight excluding hydrogens is 275 g/mol. The molecule has 0 radical (unpaired) electrons. The number of rotatable bonds is 2. The number of anilines is 2. The molecule has 2 amide bonds. The first kappa shape index (κ1) is 13.8. The van der Waals surface area contributed by atoms with Gasteiger partial charge in [0.2, 0.25) is 5.95 Å². The molecule has 0 spiro atoms. The van der Waals surface area contributed by atoms with E-state index in [1.807, 2.05) is 0 Å². The third-order valence-corrected chi connectivity index (χ3v) is 2.30. The van der Waals surface area contributed by atoms with E-state index in [0.717, 1.165) is 12.1 Å². The van der Waals surface area contributed by atoms with Crippen molar-refractivity contribution in [1.82, 2.24) is 15.2 Å². The minimum atomic E-state index is -4.55. The Morgan fingerprint density at radius 3 is 2.55 bits per heavy atom. The number of carbonyl (C=O) groups is 1. The van der Waals surface area contributed by atoms with Crippen LogP contribution in [0.1, 0.15) is 11.4 Å². The summed E-state index contributed by atoms with van der Waals surface area (Å²) in [5.41, 5.74) is -1.27. The van der Waals surface area contributed by atoms with Crippen LogP contribution in [-0.2, 0) is 6.18 Å². The summed E-state index contributed by atoms with van der Waals surface area (Å²) in [6, 6.07) is 3.81. The number of amides is 2. The number of nitrogens with one attached hydrogen (secondary N) is 3.